The molecule has 7 aliphatic rings. The van der Waals surface area contributed by atoms with Crippen LogP contribution in [0, 0.1) is 16.2 Å². The molecule has 5 fully saturated rings. The fraction of sp³-hybridized carbons (Fsp3) is 0.536. The van der Waals surface area contributed by atoms with Crippen molar-refractivity contribution in [2.75, 3.05) is 102 Å². The van der Waals surface area contributed by atoms with Crippen molar-refractivity contribution < 1.29 is 73.1 Å². The van der Waals surface area contributed by atoms with Gasteiger partial charge in [-0.15, -0.1) is 16.8 Å². The van der Waals surface area contributed by atoms with Crippen LogP contribution in [0.5, 0.6) is 0 Å². The number of hydrogen-bond acceptors (Lipinski definition) is 19. The number of piperidine rings is 1. The smallest absolute Gasteiger partial charge is 0.399 e. The summed E-state index contributed by atoms with van der Waals surface area (Å²) < 4.78 is 108. The number of piperazine rings is 1. The van der Waals surface area contributed by atoms with Crippen molar-refractivity contribution in [1.29, 1.82) is 0 Å². The van der Waals surface area contributed by atoms with E-state index in [2.05, 4.69) is 55.5 Å². The van der Waals surface area contributed by atoms with E-state index in [4.69, 9.17) is 20.0 Å². The number of nitrogens with two attached hydrogens (primary N) is 1. The summed E-state index contributed by atoms with van der Waals surface area (Å²) in [5.74, 6) is -3.12. The van der Waals surface area contributed by atoms with Crippen LogP contribution in [-0.2, 0) is 50.2 Å². The molecule has 28 heteroatoms. The van der Waals surface area contributed by atoms with E-state index in [0.717, 1.165) is 27.3 Å². The Balaban J connectivity index is 0.000000442. The number of carbonyl (C=O) groups is 6. The first-order valence-electron chi connectivity index (χ1n) is 33.3. The Morgan fingerprint density at radius 3 is 2.19 bits per heavy atom. The van der Waals surface area contributed by atoms with Gasteiger partial charge in [-0.3, -0.25) is 39.1 Å². The monoisotopic (exact) mass is 1410 g/mol. The second kappa shape index (κ2) is 31.9. The molecule has 22 nitrogen and oxygen atoms in total. The minimum atomic E-state index is -6.13. The van der Waals surface area contributed by atoms with Crippen LogP contribution in [0.4, 0.5) is 29.3 Å². The lowest BCUT2D eigenvalue weighted by atomic mass is 9.31. The number of imide groups is 2. The lowest BCUT2D eigenvalue weighted by molar-refractivity contribution is -0.182. The molecule has 6 amide bonds. The summed E-state index contributed by atoms with van der Waals surface area (Å²) in [6.07, 6.45) is 10.7. The molecule has 97 heavy (non-hydrogen) atoms. The number of halogens is 3. The third kappa shape index (κ3) is 18.3. The summed E-state index contributed by atoms with van der Waals surface area (Å²) in [6, 6.07) is 19.7. The van der Waals surface area contributed by atoms with Gasteiger partial charge in [0.25, 0.3) is 37.6 Å². The van der Waals surface area contributed by atoms with Crippen LogP contribution in [0.25, 0.3) is 0 Å². The molecule has 3 aliphatic heterocycles. The number of ether oxygens (including phenoxy) is 2. The highest BCUT2D eigenvalue weighted by Gasteiger charge is 2.68. The van der Waals surface area contributed by atoms with E-state index >= 15 is 0 Å². The Morgan fingerprint density at radius 1 is 0.835 bits per heavy atom. The fourth-order valence-corrected chi connectivity index (χ4v) is 16.9. The second-order valence-corrected chi connectivity index (χ2v) is 31.3. The molecule has 4 aliphatic carbocycles. The third-order valence-corrected chi connectivity index (χ3v) is 23.4. The zero-order chi connectivity index (χ0) is 69.9. The van der Waals surface area contributed by atoms with Crippen molar-refractivity contribution in [3.63, 3.8) is 0 Å². The number of nitrogens with one attached hydrogen (secondary N) is 4. The number of anilines is 2. The van der Waals surface area contributed by atoms with E-state index in [-0.39, 0.29) is 67.3 Å². The highest BCUT2D eigenvalue weighted by atomic mass is 32.2. The van der Waals surface area contributed by atoms with Crippen LogP contribution >= 0.6 is 11.8 Å². The fourth-order valence-electron chi connectivity index (χ4n) is 13.9. The molecular formula is C69H90F3N9O13S3. The number of hydrogen-bond donors (Lipinski definition) is 5. The zero-order valence-corrected chi connectivity index (χ0v) is 58.2. The predicted molar refractivity (Wildman–Crippen MR) is 361 cm³/mol. The quantitative estimate of drug-likeness (QED) is 0.0107. The number of amides is 6. The summed E-state index contributed by atoms with van der Waals surface area (Å²) in [5, 5.41) is 9.21. The number of alkyl halides is 3. The number of rotatable bonds is 30. The Bertz CT molecular complexity index is 3750. The van der Waals surface area contributed by atoms with Crippen LogP contribution in [0.2, 0.25) is 0 Å². The summed E-state index contributed by atoms with van der Waals surface area (Å²) in [4.78, 5) is 85.4. The van der Waals surface area contributed by atoms with Crippen molar-refractivity contribution in [2.45, 2.75) is 144 Å². The number of aryl methyl sites for hydroxylation is 1. The summed E-state index contributed by atoms with van der Waals surface area (Å²) in [5.41, 5.74) is 6.32. The number of likely N-dealkylation sites (N-methyl/N-ethyl adjacent to an activating group) is 1. The molecule has 6 N–H and O–H groups in total. The molecule has 2 bridgehead atoms. The average molecular weight is 1410 g/mol. The number of hydroxylamine groups is 2. The lowest BCUT2D eigenvalue weighted by Crippen LogP contribution is -2.62. The number of benzene rings is 4. The van der Waals surface area contributed by atoms with Gasteiger partial charge in [-0.05, 0) is 160 Å². The normalized spacial score (nSPS) is 21.4. The minimum absolute atomic E-state index is 0.0272. The van der Waals surface area contributed by atoms with Crippen molar-refractivity contribution in [1.82, 2.24) is 35.1 Å². The third-order valence-electron chi connectivity index (χ3n) is 19.4. The van der Waals surface area contributed by atoms with Gasteiger partial charge in [0.15, 0.2) is 0 Å². The van der Waals surface area contributed by atoms with Crippen molar-refractivity contribution in [2.24, 2.45) is 16.2 Å². The zero-order valence-electron chi connectivity index (χ0n) is 55.7. The molecule has 11 rings (SSSR count). The summed E-state index contributed by atoms with van der Waals surface area (Å²) in [6.45, 7) is 18.7. The molecule has 4 aromatic carbocycles. The van der Waals surface area contributed by atoms with Crippen molar-refractivity contribution in [3.8, 4) is 0 Å². The van der Waals surface area contributed by atoms with Crippen LogP contribution in [-0.4, -0.2) is 181 Å². The topological polar surface area (TPSA) is 285 Å². The average Bonchev–Trinajstić information content (AvgIpc) is 0.975. The predicted octanol–water partition coefficient (Wildman–Crippen LogP) is 9.39. The number of fused-ring (bicyclic) bond motifs is 1. The SMILES string of the molecule is CCN(CC)CC1=C(C23CC(CC)(C2)C3)CC(C)(C)CC1.Nc1ccc(C(=O)NS(=O)(=O)c2ccc(N[C@H](CCN3CCN(OC(=O)NCCOCCOCCCc4cccc5c4C(=O)N(C4CCC(=O)NC4=O)C5=O)CC3)CSc3ccccc3)c(S(=O)(=O)C(F)(F)F)c2)cc1. The maximum Gasteiger partial charge on any atom is 0.501 e. The Labute approximate surface area is 570 Å². The number of nitrogens with zero attached hydrogens (tertiary/aromatic N) is 4. The number of thioether (sulfide) groups is 1. The second-order valence-electron chi connectivity index (χ2n) is 26.7. The van der Waals surface area contributed by atoms with Gasteiger partial charge in [-0.25, -0.2) is 26.4 Å². The van der Waals surface area contributed by atoms with Crippen LogP contribution in [0.1, 0.15) is 142 Å². The van der Waals surface area contributed by atoms with E-state index in [1.165, 1.54) is 106 Å². The van der Waals surface area contributed by atoms with Gasteiger partial charge in [0, 0.05) is 86.8 Å². The first kappa shape index (κ1) is 74.3. The molecule has 1 unspecified atom stereocenters. The van der Waals surface area contributed by atoms with Crippen LogP contribution < -0.4 is 26.4 Å². The minimum Gasteiger partial charge on any atom is -0.399 e. The maximum absolute atomic E-state index is 14.2. The van der Waals surface area contributed by atoms with Gasteiger partial charge < -0.3 is 35.6 Å². The molecule has 4 aromatic rings. The van der Waals surface area contributed by atoms with Gasteiger partial charge in [0.2, 0.25) is 11.8 Å². The highest BCUT2D eigenvalue weighted by Crippen LogP contribution is 2.79. The van der Waals surface area contributed by atoms with E-state index < -0.39 is 88.6 Å². The largest absolute Gasteiger partial charge is 0.501 e. The van der Waals surface area contributed by atoms with Crippen molar-refractivity contribution >= 4 is 78.6 Å². The molecule has 3 saturated carbocycles. The number of sulfonamides is 1. The number of nitrogen functional groups attached to an aromatic ring is 1. The number of allylic oxidation sites excluding steroid dienone is 1. The molecular weight excluding hydrogens is 1320 g/mol. The molecule has 0 aromatic heterocycles. The molecule has 0 spiro atoms. The molecule has 2 atom stereocenters. The Hall–Kier alpha value is -6.92. The van der Waals surface area contributed by atoms with E-state index in [0.29, 0.717) is 81.1 Å². The summed E-state index contributed by atoms with van der Waals surface area (Å²) >= 11 is 1.37. The highest BCUT2D eigenvalue weighted by molar-refractivity contribution is 7.99. The number of carbonyl (C=O) groups excluding carboxylic acids is 6. The summed E-state index contributed by atoms with van der Waals surface area (Å²) in [7, 11) is -11.0. The van der Waals surface area contributed by atoms with Gasteiger partial charge in [-0.1, -0.05) is 82.5 Å². The van der Waals surface area contributed by atoms with E-state index in [1.807, 2.05) is 46.4 Å². The molecule has 528 valence electrons. The van der Waals surface area contributed by atoms with Crippen LogP contribution in [0.15, 0.2) is 117 Å². The lowest BCUT2D eigenvalue weighted by Gasteiger charge is -2.73. The van der Waals surface area contributed by atoms with E-state index in [1.54, 1.807) is 22.9 Å². The molecule has 0 radical (unpaired) electrons. The van der Waals surface area contributed by atoms with Gasteiger partial charge in [-0.2, -0.15) is 13.2 Å². The van der Waals surface area contributed by atoms with Crippen molar-refractivity contribution in [3.05, 3.63) is 124 Å². The first-order valence-corrected chi connectivity index (χ1v) is 37.2. The molecule has 3 heterocycles. The standard InChI is InChI=1S/C49H55F3N8O13S3.C20H35N/c50-49(51,52)75(67,68)41-30-37(76(69,70)57-44(62)33-11-13-34(53)14-12-33)15-16-39(41)55-35(31-74-36-8-2-1-3-9-36)19-21-58-22-24-59(25-23-58)73-48(66)54-20-27-72-29-28-71-26-5-7-32-6-4-10-38-43(32)47(65)60(46(38)64)40-17-18-42(61)56-45(40)63;1-6-19-13-20(14-19,15-19)17-11-18(4,5)10-9-16(17)12-21(7-2)8-3/h1-4,6,8-16,30,35,40,55H,5,7,17-29,31,53H2,(H,54,66)(H,57,62)(H,56,61,63);6-15H2,1-5H3/t35-,40?;/m1./s1. The Morgan fingerprint density at radius 2 is 1.53 bits per heavy atom. The van der Waals surface area contributed by atoms with Gasteiger partial charge >= 0.3 is 11.6 Å². The molecule has 2 saturated heterocycles. The Kier molecular flexibility index (Phi) is 24.5. The first-order chi connectivity index (χ1) is 46.1. The van der Waals surface area contributed by atoms with Gasteiger partial charge in [0.05, 0.1) is 41.5 Å². The maximum atomic E-state index is 14.2. The van der Waals surface area contributed by atoms with Gasteiger partial charge in [0.1, 0.15) is 10.9 Å². The number of sulfone groups is 1. The van der Waals surface area contributed by atoms with Crippen LogP contribution in [0.3, 0.4) is 0 Å². The van der Waals surface area contributed by atoms with E-state index in [9.17, 15) is 58.8 Å².